The normalized spacial score (nSPS) is 19.3. The molecule has 2 rings (SSSR count). The van der Waals surface area contributed by atoms with Crippen LogP contribution in [0.15, 0.2) is 16.8 Å². The first kappa shape index (κ1) is 18.2. The molecule has 1 aromatic rings. The summed E-state index contributed by atoms with van der Waals surface area (Å²) >= 11 is 1.54. The lowest BCUT2D eigenvalue weighted by Crippen LogP contribution is -2.47. The SMILES string of the molecule is CC(CNC(=O)NCC(O)c1ccsc1)CN1CCN(C)CC1. The zero-order valence-corrected chi connectivity index (χ0v) is 14.8. The Labute approximate surface area is 142 Å². The molecule has 2 atom stereocenters. The zero-order chi connectivity index (χ0) is 16.7. The van der Waals surface area contributed by atoms with Crippen molar-refractivity contribution in [2.45, 2.75) is 13.0 Å². The van der Waals surface area contributed by atoms with Crippen molar-refractivity contribution >= 4 is 17.4 Å². The second-order valence-corrected chi connectivity index (χ2v) is 7.15. The number of urea groups is 1. The number of amides is 2. The molecule has 0 spiro atoms. The molecule has 0 radical (unpaired) electrons. The molecule has 2 amide bonds. The highest BCUT2D eigenvalue weighted by Crippen LogP contribution is 2.14. The first-order valence-electron chi connectivity index (χ1n) is 8.17. The van der Waals surface area contributed by atoms with Crippen LogP contribution in [-0.2, 0) is 0 Å². The van der Waals surface area contributed by atoms with Crippen LogP contribution in [0.4, 0.5) is 4.79 Å². The van der Waals surface area contributed by atoms with Gasteiger partial charge in [-0.2, -0.15) is 11.3 Å². The van der Waals surface area contributed by atoms with Gasteiger partial charge < -0.3 is 25.5 Å². The van der Waals surface area contributed by atoms with E-state index in [1.165, 1.54) is 11.3 Å². The third kappa shape index (κ3) is 6.47. The summed E-state index contributed by atoms with van der Waals surface area (Å²) < 4.78 is 0. The fourth-order valence-corrected chi connectivity index (χ4v) is 3.34. The molecule has 2 unspecified atom stereocenters. The summed E-state index contributed by atoms with van der Waals surface area (Å²) in [7, 11) is 2.15. The largest absolute Gasteiger partial charge is 0.387 e. The summed E-state index contributed by atoms with van der Waals surface area (Å²) in [5.41, 5.74) is 0.846. The third-order valence-electron chi connectivity index (χ3n) is 4.16. The molecule has 0 aliphatic carbocycles. The van der Waals surface area contributed by atoms with E-state index in [1.807, 2.05) is 16.8 Å². The van der Waals surface area contributed by atoms with Crippen LogP contribution in [0, 0.1) is 5.92 Å². The number of nitrogens with one attached hydrogen (secondary N) is 2. The van der Waals surface area contributed by atoms with Crippen molar-refractivity contribution in [1.82, 2.24) is 20.4 Å². The van der Waals surface area contributed by atoms with Gasteiger partial charge in [0.2, 0.25) is 0 Å². The molecule has 0 saturated carbocycles. The van der Waals surface area contributed by atoms with Crippen molar-refractivity contribution in [1.29, 1.82) is 0 Å². The van der Waals surface area contributed by atoms with Gasteiger partial charge in [-0.15, -0.1) is 0 Å². The average Bonchev–Trinajstić information content (AvgIpc) is 3.07. The maximum absolute atomic E-state index is 11.8. The molecular formula is C16H28N4O2S. The van der Waals surface area contributed by atoms with E-state index in [2.05, 4.69) is 34.4 Å². The Morgan fingerprint density at radius 3 is 2.65 bits per heavy atom. The molecule has 6 nitrogen and oxygen atoms in total. The van der Waals surface area contributed by atoms with E-state index >= 15 is 0 Å². The van der Waals surface area contributed by atoms with Gasteiger partial charge in [-0.1, -0.05) is 6.92 Å². The second kappa shape index (κ2) is 9.22. The predicted molar refractivity (Wildman–Crippen MR) is 93.8 cm³/mol. The highest BCUT2D eigenvalue weighted by molar-refractivity contribution is 7.07. The van der Waals surface area contributed by atoms with Crippen LogP contribution in [0.25, 0.3) is 0 Å². The van der Waals surface area contributed by atoms with E-state index in [0.29, 0.717) is 12.5 Å². The van der Waals surface area contributed by atoms with Crippen LogP contribution < -0.4 is 10.6 Å². The molecular weight excluding hydrogens is 312 g/mol. The minimum absolute atomic E-state index is 0.218. The van der Waals surface area contributed by atoms with Gasteiger partial charge >= 0.3 is 6.03 Å². The van der Waals surface area contributed by atoms with Crippen molar-refractivity contribution in [3.63, 3.8) is 0 Å². The van der Waals surface area contributed by atoms with E-state index in [0.717, 1.165) is 38.3 Å². The molecule has 3 N–H and O–H groups in total. The lowest BCUT2D eigenvalue weighted by Gasteiger charge is -2.33. The monoisotopic (exact) mass is 340 g/mol. The number of hydrogen-bond acceptors (Lipinski definition) is 5. The number of nitrogens with zero attached hydrogens (tertiary/aromatic N) is 2. The first-order valence-corrected chi connectivity index (χ1v) is 9.11. The molecule has 2 heterocycles. The van der Waals surface area contributed by atoms with Gasteiger partial charge in [-0.05, 0) is 35.4 Å². The van der Waals surface area contributed by atoms with Crippen LogP contribution in [0.2, 0.25) is 0 Å². The van der Waals surface area contributed by atoms with E-state index in [-0.39, 0.29) is 12.6 Å². The minimum atomic E-state index is -0.644. The molecule has 1 aromatic heterocycles. The molecule has 1 saturated heterocycles. The summed E-state index contributed by atoms with van der Waals surface area (Å²) in [6, 6.07) is 1.65. The molecule has 23 heavy (non-hydrogen) atoms. The van der Waals surface area contributed by atoms with Crippen LogP contribution in [0.3, 0.4) is 0 Å². The molecule has 1 aliphatic heterocycles. The van der Waals surface area contributed by atoms with E-state index in [9.17, 15) is 9.90 Å². The molecule has 130 valence electrons. The number of hydrogen-bond donors (Lipinski definition) is 3. The molecule has 7 heteroatoms. The number of likely N-dealkylation sites (N-methyl/N-ethyl adjacent to an activating group) is 1. The van der Waals surface area contributed by atoms with Gasteiger partial charge in [-0.25, -0.2) is 4.79 Å². The van der Waals surface area contributed by atoms with Crippen LogP contribution in [0.1, 0.15) is 18.6 Å². The molecule has 1 aliphatic rings. The van der Waals surface area contributed by atoms with Crippen LogP contribution >= 0.6 is 11.3 Å². The summed E-state index contributed by atoms with van der Waals surface area (Å²) in [5, 5.41) is 19.3. The number of carbonyl (C=O) groups excluding carboxylic acids is 1. The molecule has 0 aromatic carbocycles. The fraction of sp³-hybridized carbons (Fsp3) is 0.688. The number of aliphatic hydroxyl groups excluding tert-OH is 1. The van der Waals surface area contributed by atoms with Gasteiger partial charge in [0.15, 0.2) is 0 Å². The van der Waals surface area contributed by atoms with Crippen molar-refractivity contribution in [3.05, 3.63) is 22.4 Å². The summed E-state index contributed by atoms with van der Waals surface area (Å²) in [6.07, 6.45) is -0.644. The first-order chi connectivity index (χ1) is 11.0. The Balaban J connectivity index is 1.58. The number of piperazine rings is 1. The maximum atomic E-state index is 11.8. The Kier molecular flexibility index (Phi) is 7.29. The van der Waals surface area contributed by atoms with Crippen LogP contribution in [0.5, 0.6) is 0 Å². The number of rotatable bonds is 7. The van der Waals surface area contributed by atoms with Crippen molar-refractivity contribution in [2.24, 2.45) is 5.92 Å². The Hall–Kier alpha value is -1.15. The van der Waals surface area contributed by atoms with Gasteiger partial charge in [0.05, 0.1) is 6.10 Å². The average molecular weight is 340 g/mol. The zero-order valence-electron chi connectivity index (χ0n) is 14.0. The predicted octanol–water partition coefficient (Wildman–Crippen LogP) is 0.964. The number of carbonyl (C=O) groups is 1. The fourth-order valence-electron chi connectivity index (χ4n) is 2.64. The Morgan fingerprint density at radius 1 is 1.30 bits per heavy atom. The standard InChI is InChI=1S/C16H28N4O2S/c1-13(11-20-6-4-19(2)5-7-20)9-17-16(22)18-10-15(21)14-3-8-23-12-14/h3,8,12-13,15,21H,4-7,9-11H2,1-2H3,(H2,17,18,22). The van der Waals surface area contributed by atoms with Gasteiger partial charge in [0.1, 0.15) is 0 Å². The topological polar surface area (TPSA) is 67.8 Å². The van der Waals surface area contributed by atoms with Gasteiger partial charge in [0.25, 0.3) is 0 Å². The van der Waals surface area contributed by atoms with Gasteiger partial charge in [-0.3, -0.25) is 0 Å². The highest BCUT2D eigenvalue weighted by Gasteiger charge is 2.16. The van der Waals surface area contributed by atoms with Crippen molar-refractivity contribution in [3.8, 4) is 0 Å². The smallest absolute Gasteiger partial charge is 0.314 e. The number of thiophene rings is 1. The van der Waals surface area contributed by atoms with Crippen molar-refractivity contribution in [2.75, 3.05) is 52.9 Å². The Bertz CT molecular complexity index is 461. The maximum Gasteiger partial charge on any atom is 0.314 e. The van der Waals surface area contributed by atoms with Crippen molar-refractivity contribution < 1.29 is 9.90 Å². The second-order valence-electron chi connectivity index (χ2n) is 6.37. The third-order valence-corrected chi connectivity index (χ3v) is 4.86. The van der Waals surface area contributed by atoms with E-state index < -0.39 is 6.10 Å². The molecule has 0 bridgehead atoms. The number of aliphatic hydroxyl groups is 1. The lowest BCUT2D eigenvalue weighted by atomic mass is 10.1. The highest BCUT2D eigenvalue weighted by atomic mass is 32.1. The van der Waals surface area contributed by atoms with E-state index in [4.69, 9.17) is 0 Å². The van der Waals surface area contributed by atoms with Crippen LogP contribution in [-0.4, -0.2) is 73.8 Å². The summed E-state index contributed by atoms with van der Waals surface area (Å²) in [4.78, 5) is 16.6. The molecule has 1 fully saturated rings. The minimum Gasteiger partial charge on any atom is -0.387 e. The van der Waals surface area contributed by atoms with Gasteiger partial charge in [0, 0.05) is 45.8 Å². The Morgan fingerprint density at radius 2 is 2.00 bits per heavy atom. The quantitative estimate of drug-likeness (QED) is 0.692. The summed E-state index contributed by atoms with van der Waals surface area (Å²) in [5.74, 6) is 0.408. The summed E-state index contributed by atoms with van der Waals surface area (Å²) in [6.45, 7) is 8.45. The van der Waals surface area contributed by atoms with E-state index in [1.54, 1.807) is 0 Å². The lowest BCUT2D eigenvalue weighted by molar-refractivity contribution is 0.138.